The highest BCUT2D eigenvalue weighted by Crippen LogP contribution is 2.28. The van der Waals surface area contributed by atoms with Crippen molar-refractivity contribution in [3.63, 3.8) is 0 Å². The summed E-state index contributed by atoms with van der Waals surface area (Å²) in [5.41, 5.74) is 2.50. The molecule has 2 N–H and O–H groups in total. The van der Waals surface area contributed by atoms with Gasteiger partial charge in [-0.15, -0.1) is 11.3 Å². The normalized spacial score (nSPS) is 10.6. The fourth-order valence-corrected chi connectivity index (χ4v) is 3.35. The average Bonchev–Trinajstić information content (AvgIpc) is 3.32. The van der Waals surface area contributed by atoms with E-state index in [1.54, 1.807) is 29.1 Å². The highest BCUT2D eigenvalue weighted by atomic mass is 32.1. The van der Waals surface area contributed by atoms with Crippen molar-refractivity contribution >= 4 is 22.9 Å². The van der Waals surface area contributed by atoms with Gasteiger partial charge in [0.15, 0.2) is 0 Å². The lowest BCUT2D eigenvalue weighted by Crippen LogP contribution is -2.12. The molecule has 0 unspecified atom stereocenters. The molecule has 0 bridgehead atoms. The molecule has 0 saturated carbocycles. The first-order valence-electron chi connectivity index (χ1n) is 8.00. The van der Waals surface area contributed by atoms with E-state index in [9.17, 15) is 9.90 Å². The Kier molecular flexibility index (Phi) is 4.25. The maximum absolute atomic E-state index is 12.8. The van der Waals surface area contributed by atoms with Gasteiger partial charge in [-0.05, 0) is 35.7 Å². The van der Waals surface area contributed by atoms with Crippen molar-refractivity contribution in [1.29, 1.82) is 0 Å². The summed E-state index contributed by atoms with van der Waals surface area (Å²) in [5, 5.41) is 19.0. The molecule has 0 aliphatic rings. The fourth-order valence-electron chi connectivity index (χ4n) is 2.63. The number of phenols is 1. The molecule has 0 aliphatic heterocycles. The van der Waals surface area contributed by atoms with Crippen LogP contribution in [-0.4, -0.2) is 20.8 Å². The Balaban J connectivity index is 1.74. The number of thiophene rings is 1. The lowest BCUT2D eigenvalue weighted by Gasteiger charge is -2.05. The molecule has 6 heteroatoms. The zero-order valence-corrected chi connectivity index (χ0v) is 14.5. The number of nitrogens with zero attached hydrogens (tertiary/aromatic N) is 2. The number of para-hydroxylation sites is 1. The molecule has 2 heterocycles. The van der Waals surface area contributed by atoms with Crippen LogP contribution in [0, 0.1) is 0 Å². The van der Waals surface area contributed by atoms with Crippen LogP contribution >= 0.6 is 11.3 Å². The first-order chi connectivity index (χ1) is 12.7. The second kappa shape index (κ2) is 6.85. The van der Waals surface area contributed by atoms with Crippen molar-refractivity contribution < 1.29 is 9.90 Å². The number of carbonyl (C=O) groups is 1. The number of nitrogens with one attached hydrogen (secondary N) is 1. The summed E-state index contributed by atoms with van der Waals surface area (Å²) in [5.74, 6) is -0.178. The van der Waals surface area contributed by atoms with Crippen LogP contribution in [0.25, 0.3) is 16.3 Å². The molecule has 0 aliphatic carbocycles. The summed E-state index contributed by atoms with van der Waals surface area (Å²) in [4.78, 5) is 13.8. The van der Waals surface area contributed by atoms with Gasteiger partial charge in [0.2, 0.25) is 0 Å². The molecular weight excluding hydrogens is 346 g/mol. The highest BCUT2D eigenvalue weighted by molar-refractivity contribution is 7.13. The summed E-state index contributed by atoms with van der Waals surface area (Å²) < 4.78 is 1.70. The number of benzene rings is 2. The van der Waals surface area contributed by atoms with E-state index in [0.29, 0.717) is 16.9 Å². The Morgan fingerprint density at radius 1 is 1.04 bits per heavy atom. The molecule has 2 aromatic heterocycles. The molecular formula is C20H15N3O2S. The lowest BCUT2D eigenvalue weighted by atomic mass is 10.2. The number of phenolic OH excluding ortho intramolecular Hbond substituents is 1. The van der Waals surface area contributed by atoms with Crippen molar-refractivity contribution in [2.75, 3.05) is 5.32 Å². The molecule has 0 radical (unpaired) electrons. The number of anilines is 1. The van der Waals surface area contributed by atoms with Gasteiger partial charge in [-0.2, -0.15) is 5.10 Å². The third-order valence-electron chi connectivity index (χ3n) is 3.84. The number of hydrogen-bond acceptors (Lipinski definition) is 4. The Hall–Kier alpha value is -3.38. The van der Waals surface area contributed by atoms with E-state index < -0.39 is 0 Å². The van der Waals surface area contributed by atoms with Crippen molar-refractivity contribution in [2.45, 2.75) is 0 Å². The number of hydrogen-bond donors (Lipinski definition) is 2. The van der Waals surface area contributed by atoms with Crippen LogP contribution in [0.1, 0.15) is 10.4 Å². The summed E-state index contributed by atoms with van der Waals surface area (Å²) in [7, 11) is 0. The molecule has 26 heavy (non-hydrogen) atoms. The van der Waals surface area contributed by atoms with Gasteiger partial charge >= 0.3 is 0 Å². The second-order valence-corrected chi connectivity index (χ2v) is 6.60. The van der Waals surface area contributed by atoms with Crippen LogP contribution in [0.15, 0.2) is 78.3 Å². The van der Waals surface area contributed by atoms with Gasteiger partial charge in [0, 0.05) is 18.0 Å². The van der Waals surface area contributed by atoms with Gasteiger partial charge < -0.3 is 10.4 Å². The van der Waals surface area contributed by atoms with Crippen molar-refractivity contribution in [3.8, 4) is 22.0 Å². The van der Waals surface area contributed by atoms with E-state index in [0.717, 1.165) is 10.6 Å². The number of rotatable bonds is 4. The van der Waals surface area contributed by atoms with E-state index in [4.69, 9.17) is 0 Å². The van der Waals surface area contributed by atoms with Crippen LogP contribution in [-0.2, 0) is 0 Å². The zero-order valence-electron chi connectivity index (χ0n) is 13.7. The molecule has 128 valence electrons. The summed E-state index contributed by atoms with van der Waals surface area (Å²) in [6.07, 6.45) is 1.72. The molecule has 2 aromatic carbocycles. The quantitative estimate of drug-likeness (QED) is 0.560. The van der Waals surface area contributed by atoms with Gasteiger partial charge in [0.25, 0.3) is 5.91 Å². The predicted octanol–water partition coefficient (Wildman–Crippen LogP) is 4.56. The minimum Gasteiger partial charge on any atom is -0.508 e. The number of amides is 1. The first-order valence-corrected chi connectivity index (χ1v) is 8.88. The molecule has 4 aromatic rings. The van der Waals surface area contributed by atoms with Gasteiger partial charge in [-0.3, -0.25) is 4.79 Å². The van der Waals surface area contributed by atoms with E-state index >= 15 is 0 Å². The van der Waals surface area contributed by atoms with Crippen LogP contribution in [0.5, 0.6) is 5.75 Å². The molecule has 4 rings (SSSR count). The number of carbonyl (C=O) groups excluding carboxylic acids is 1. The second-order valence-electron chi connectivity index (χ2n) is 5.65. The van der Waals surface area contributed by atoms with Crippen molar-refractivity contribution in [2.24, 2.45) is 0 Å². The van der Waals surface area contributed by atoms with Crippen molar-refractivity contribution in [3.05, 3.63) is 83.9 Å². The Morgan fingerprint density at radius 3 is 2.62 bits per heavy atom. The van der Waals surface area contributed by atoms with Gasteiger partial charge in [0.05, 0.1) is 16.1 Å². The molecule has 0 atom stereocenters. The maximum atomic E-state index is 12.8. The minimum atomic E-state index is -0.277. The summed E-state index contributed by atoms with van der Waals surface area (Å²) >= 11 is 1.53. The third kappa shape index (κ3) is 3.22. The van der Waals surface area contributed by atoms with E-state index in [2.05, 4.69) is 10.4 Å². The van der Waals surface area contributed by atoms with Crippen molar-refractivity contribution in [1.82, 2.24) is 9.78 Å². The lowest BCUT2D eigenvalue weighted by molar-refractivity contribution is 0.102. The fraction of sp³-hybridized carbons (Fsp3) is 0. The largest absolute Gasteiger partial charge is 0.508 e. The molecule has 5 nitrogen and oxygen atoms in total. The van der Waals surface area contributed by atoms with Gasteiger partial charge in [-0.25, -0.2) is 4.68 Å². The Labute approximate surface area is 154 Å². The maximum Gasteiger partial charge on any atom is 0.259 e. The smallest absolute Gasteiger partial charge is 0.259 e. The minimum absolute atomic E-state index is 0.0984. The topological polar surface area (TPSA) is 67.2 Å². The predicted molar refractivity (Wildman–Crippen MR) is 103 cm³/mol. The van der Waals surface area contributed by atoms with E-state index in [1.807, 2.05) is 47.8 Å². The zero-order chi connectivity index (χ0) is 17.9. The molecule has 1 amide bonds. The van der Waals surface area contributed by atoms with Crippen LogP contribution in [0.3, 0.4) is 0 Å². The highest BCUT2D eigenvalue weighted by Gasteiger charge is 2.19. The van der Waals surface area contributed by atoms with Gasteiger partial charge in [0.1, 0.15) is 11.4 Å². The summed E-state index contributed by atoms with van der Waals surface area (Å²) in [6, 6.07) is 20.0. The third-order valence-corrected chi connectivity index (χ3v) is 4.71. The molecule has 0 spiro atoms. The van der Waals surface area contributed by atoms with Gasteiger partial charge in [-0.1, -0.05) is 30.3 Å². The van der Waals surface area contributed by atoms with Crippen LogP contribution < -0.4 is 5.32 Å². The Morgan fingerprint density at radius 2 is 1.88 bits per heavy atom. The van der Waals surface area contributed by atoms with E-state index in [-0.39, 0.29) is 11.7 Å². The SMILES string of the molecule is O=C(Nc1cccc(O)c1)c1cn(-c2ccccc2)nc1-c1cccs1. The Bertz CT molecular complexity index is 1040. The first kappa shape index (κ1) is 16.1. The number of aromatic nitrogens is 2. The monoisotopic (exact) mass is 361 g/mol. The standard InChI is InChI=1S/C20H15N3O2S/c24-16-9-4-6-14(12-16)21-20(25)17-13-23(15-7-2-1-3-8-15)22-19(17)18-10-5-11-26-18/h1-13,24H,(H,21,25). The van der Waals surface area contributed by atoms with Crippen LogP contribution in [0.2, 0.25) is 0 Å². The molecule has 0 fully saturated rings. The van der Waals surface area contributed by atoms with E-state index in [1.165, 1.54) is 17.4 Å². The van der Waals surface area contributed by atoms with Crippen LogP contribution in [0.4, 0.5) is 5.69 Å². The average molecular weight is 361 g/mol. The summed E-state index contributed by atoms with van der Waals surface area (Å²) in [6.45, 7) is 0. The molecule has 0 saturated heterocycles. The number of aromatic hydroxyl groups is 1.